The summed E-state index contributed by atoms with van der Waals surface area (Å²) in [6.45, 7) is 8.12. The molecule has 2 heterocycles. The molecule has 15 heavy (non-hydrogen) atoms. The predicted octanol–water partition coefficient (Wildman–Crippen LogP) is 1.12. The van der Waals surface area contributed by atoms with Crippen LogP contribution in [0.4, 0.5) is 0 Å². The van der Waals surface area contributed by atoms with E-state index in [0.717, 1.165) is 24.7 Å². The Morgan fingerprint density at radius 1 is 1.27 bits per heavy atom. The first-order chi connectivity index (χ1) is 7.05. The molecule has 0 unspecified atom stereocenters. The lowest BCUT2D eigenvalue weighted by atomic mass is 9.96. The van der Waals surface area contributed by atoms with Crippen LogP contribution in [0.3, 0.4) is 0 Å². The van der Waals surface area contributed by atoms with E-state index in [1.807, 2.05) is 0 Å². The van der Waals surface area contributed by atoms with Gasteiger partial charge in [0.1, 0.15) is 11.9 Å². The largest absolute Gasteiger partial charge is 0.485 e. The molecular formula is C11H17N3O. The highest BCUT2D eigenvalue weighted by Gasteiger charge is 2.20. The van der Waals surface area contributed by atoms with Crippen LogP contribution in [0, 0.1) is 0 Å². The van der Waals surface area contributed by atoms with Crippen LogP contribution >= 0.6 is 0 Å². The van der Waals surface area contributed by atoms with Gasteiger partial charge in [0.15, 0.2) is 5.75 Å². The molecule has 2 rings (SSSR count). The van der Waals surface area contributed by atoms with Crippen molar-refractivity contribution in [3.63, 3.8) is 0 Å². The highest BCUT2D eigenvalue weighted by Crippen LogP contribution is 2.19. The third-order valence-corrected chi connectivity index (χ3v) is 2.35. The zero-order valence-corrected chi connectivity index (χ0v) is 9.45. The summed E-state index contributed by atoms with van der Waals surface area (Å²) in [5.41, 5.74) is -0.00342. The molecule has 82 valence electrons. The molecule has 4 nitrogen and oxygen atoms in total. The van der Waals surface area contributed by atoms with Crippen molar-refractivity contribution in [1.82, 2.24) is 15.3 Å². The van der Waals surface area contributed by atoms with Crippen molar-refractivity contribution in [1.29, 1.82) is 0 Å². The number of hydrogen-bond donors (Lipinski definition) is 1. The Labute approximate surface area is 90.1 Å². The molecule has 1 saturated heterocycles. The fraction of sp³-hybridized carbons (Fsp3) is 0.636. The van der Waals surface area contributed by atoms with Crippen LogP contribution < -0.4 is 10.1 Å². The van der Waals surface area contributed by atoms with Gasteiger partial charge in [-0.3, -0.25) is 0 Å². The smallest absolute Gasteiger partial charge is 0.156 e. The third-order valence-electron chi connectivity index (χ3n) is 2.35. The van der Waals surface area contributed by atoms with E-state index in [9.17, 15) is 0 Å². The lowest BCUT2D eigenvalue weighted by Gasteiger charge is -2.27. The molecule has 0 aliphatic carbocycles. The Kier molecular flexibility index (Phi) is 2.61. The van der Waals surface area contributed by atoms with E-state index < -0.39 is 0 Å². The van der Waals surface area contributed by atoms with Crippen LogP contribution in [0.2, 0.25) is 0 Å². The molecule has 1 aromatic rings. The van der Waals surface area contributed by atoms with E-state index in [1.165, 1.54) is 0 Å². The zero-order chi connectivity index (χ0) is 10.9. The van der Waals surface area contributed by atoms with Crippen LogP contribution in [-0.4, -0.2) is 29.2 Å². The van der Waals surface area contributed by atoms with Crippen molar-refractivity contribution < 1.29 is 4.74 Å². The minimum absolute atomic E-state index is 0.00342. The Morgan fingerprint density at radius 3 is 2.27 bits per heavy atom. The van der Waals surface area contributed by atoms with Crippen molar-refractivity contribution in [2.45, 2.75) is 32.3 Å². The van der Waals surface area contributed by atoms with Crippen molar-refractivity contribution >= 4 is 0 Å². The number of aromatic nitrogens is 2. The van der Waals surface area contributed by atoms with E-state index in [0.29, 0.717) is 0 Å². The first-order valence-electron chi connectivity index (χ1n) is 5.25. The molecule has 1 N–H and O–H groups in total. The van der Waals surface area contributed by atoms with Gasteiger partial charge in [0.25, 0.3) is 0 Å². The SMILES string of the molecule is CC(C)(C)c1ncc(OC2CNC2)cn1. The summed E-state index contributed by atoms with van der Waals surface area (Å²) in [5, 5.41) is 3.15. The zero-order valence-electron chi connectivity index (χ0n) is 9.45. The summed E-state index contributed by atoms with van der Waals surface area (Å²) in [6, 6.07) is 0. The highest BCUT2D eigenvalue weighted by atomic mass is 16.5. The van der Waals surface area contributed by atoms with Gasteiger partial charge in [-0.1, -0.05) is 20.8 Å². The molecule has 0 atom stereocenters. The topological polar surface area (TPSA) is 47.0 Å². The lowest BCUT2D eigenvalue weighted by Crippen LogP contribution is -2.50. The summed E-state index contributed by atoms with van der Waals surface area (Å²) in [7, 11) is 0. The molecule has 0 radical (unpaired) electrons. The van der Waals surface area contributed by atoms with Crippen LogP contribution in [0.5, 0.6) is 5.75 Å². The third kappa shape index (κ3) is 2.45. The van der Waals surface area contributed by atoms with Crippen molar-refractivity contribution in [3.05, 3.63) is 18.2 Å². The Hall–Kier alpha value is -1.16. The second-order valence-corrected chi connectivity index (χ2v) is 4.89. The first kappa shape index (κ1) is 10.4. The lowest BCUT2D eigenvalue weighted by molar-refractivity contribution is 0.141. The monoisotopic (exact) mass is 207 g/mol. The summed E-state index contributed by atoms with van der Waals surface area (Å²) in [5.74, 6) is 1.61. The van der Waals surface area contributed by atoms with Gasteiger partial charge in [0.05, 0.1) is 12.4 Å². The van der Waals surface area contributed by atoms with Crippen LogP contribution in [0.25, 0.3) is 0 Å². The first-order valence-corrected chi connectivity index (χ1v) is 5.25. The van der Waals surface area contributed by atoms with E-state index in [1.54, 1.807) is 12.4 Å². The summed E-state index contributed by atoms with van der Waals surface area (Å²) < 4.78 is 5.63. The predicted molar refractivity (Wildman–Crippen MR) is 58.0 cm³/mol. The fourth-order valence-electron chi connectivity index (χ4n) is 1.30. The number of nitrogens with zero attached hydrogens (tertiary/aromatic N) is 2. The molecule has 1 aliphatic rings. The van der Waals surface area contributed by atoms with Gasteiger partial charge < -0.3 is 10.1 Å². The Morgan fingerprint density at radius 2 is 1.87 bits per heavy atom. The van der Waals surface area contributed by atoms with Crippen molar-refractivity contribution in [2.75, 3.05) is 13.1 Å². The van der Waals surface area contributed by atoms with Gasteiger partial charge in [0.2, 0.25) is 0 Å². The maximum Gasteiger partial charge on any atom is 0.156 e. The number of ether oxygens (including phenoxy) is 1. The Bertz CT molecular complexity index is 325. The summed E-state index contributed by atoms with van der Waals surface area (Å²) in [6.07, 6.45) is 3.80. The molecular weight excluding hydrogens is 190 g/mol. The minimum Gasteiger partial charge on any atom is -0.485 e. The average Bonchev–Trinajstić information content (AvgIpc) is 2.11. The van der Waals surface area contributed by atoms with Crippen LogP contribution in [-0.2, 0) is 5.41 Å². The normalized spacial score (nSPS) is 17.3. The number of rotatable bonds is 2. The van der Waals surface area contributed by atoms with Gasteiger partial charge >= 0.3 is 0 Å². The van der Waals surface area contributed by atoms with Gasteiger partial charge in [-0.15, -0.1) is 0 Å². The van der Waals surface area contributed by atoms with Gasteiger partial charge in [0, 0.05) is 18.5 Å². The summed E-state index contributed by atoms with van der Waals surface area (Å²) in [4.78, 5) is 8.61. The van der Waals surface area contributed by atoms with E-state index >= 15 is 0 Å². The molecule has 1 aliphatic heterocycles. The van der Waals surface area contributed by atoms with Gasteiger partial charge in [-0.25, -0.2) is 9.97 Å². The molecule has 0 spiro atoms. The van der Waals surface area contributed by atoms with Crippen molar-refractivity contribution in [2.24, 2.45) is 0 Å². The van der Waals surface area contributed by atoms with Crippen molar-refractivity contribution in [3.8, 4) is 5.75 Å². The second-order valence-electron chi connectivity index (χ2n) is 4.89. The Balaban J connectivity index is 2.03. The quantitative estimate of drug-likeness (QED) is 0.789. The number of nitrogens with one attached hydrogen (secondary N) is 1. The average molecular weight is 207 g/mol. The molecule has 0 aromatic carbocycles. The van der Waals surface area contributed by atoms with Crippen LogP contribution in [0.1, 0.15) is 26.6 Å². The molecule has 4 heteroatoms. The van der Waals surface area contributed by atoms with Crippen LogP contribution in [0.15, 0.2) is 12.4 Å². The molecule has 0 amide bonds. The highest BCUT2D eigenvalue weighted by molar-refractivity contribution is 5.15. The second kappa shape index (κ2) is 3.77. The maximum absolute atomic E-state index is 5.63. The van der Waals surface area contributed by atoms with Gasteiger partial charge in [-0.2, -0.15) is 0 Å². The minimum atomic E-state index is -0.00342. The maximum atomic E-state index is 5.63. The fourth-order valence-corrected chi connectivity index (χ4v) is 1.30. The summed E-state index contributed by atoms with van der Waals surface area (Å²) >= 11 is 0. The van der Waals surface area contributed by atoms with E-state index in [2.05, 4.69) is 36.1 Å². The molecule has 0 saturated carbocycles. The standard InChI is InChI=1S/C11H17N3O/c1-11(2,3)10-13-6-9(7-14-10)15-8-4-12-5-8/h6-8,12H,4-5H2,1-3H3. The van der Waals surface area contributed by atoms with E-state index in [-0.39, 0.29) is 11.5 Å². The number of hydrogen-bond acceptors (Lipinski definition) is 4. The molecule has 1 fully saturated rings. The molecule has 0 bridgehead atoms. The molecule has 1 aromatic heterocycles. The van der Waals surface area contributed by atoms with E-state index in [4.69, 9.17) is 4.74 Å². The van der Waals surface area contributed by atoms with Gasteiger partial charge in [-0.05, 0) is 0 Å².